The average Bonchev–Trinajstić information content (AvgIpc) is 2.46. The Kier molecular flexibility index (Phi) is 12.3. The van der Waals surface area contributed by atoms with Gasteiger partial charge in [0, 0.05) is 13.3 Å². The van der Waals surface area contributed by atoms with Crippen LogP contribution in [0.1, 0.15) is 71.6 Å². The number of unbranched alkanes of at least 4 members (excludes halogenated alkanes) is 7. The lowest BCUT2D eigenvalue weighted by molar-refractivity contribution is 0.121. The molecule has 2 unspecified atom stereocenters. The van der Waals surface area contributed by atoms with Gasteiger partial charge in [-0.25, -0.2) is 0 Å². The van der Waals surface area contributed by atoms with Crippen LogP contribution in [0, 0.1) is 0 Å². The van der Waals surface area contributed by atoms with Crippen molar-refractivity contribution in [1.29, 1.82) is 0 Å². The molecule has 2 atom stereocenters. The molecule has 1 N–H and O–H groups in total. The SMILES string of the molecule is CCC(C)(O)[P+](=O)OCCCCCCCCCCOS(C)(=O)=O. The van der Waals surface area contributed by atoms with Crippen LogP contribution in [0.5, 0.6) is 0 Å². The average molecular weight is 371 g/mol. The fourth-order valence-electron chi connectivity index (χ4n) is 1.89. The van der Waals surface area contributed by atoms with Crippen LogP contribution in [-0.2, 0) is 23.4 Å². The Morgan fingerprint density at radius 2 is 1.39 bits per heavy atom. The minimum Gasteiger partial charge on any atom is -0.346 e. The van der Waals surface area contributed by atoms with Crippen molar-refractivity contribution < 1.29 is 26.8 Å². The van der Waals surface area contributed by atoms with Crippen molar-refractivity contribution in [2.75, 3.05) is 19.5 Å². The molecule has 0 heterocycles. The third-order valence-corrected chi connectivity index (χ3v) is 5.72. The van der Waals surface area contributed by atoms with E-state index in [1.807, 2.05) is 0 Å². The normalized spacial score (nSPS) is 15.4. The second-order valence-electron chi connectivity index (χ2n) is 6.02. The number of hydrogen-bond acceptors (Lipinski definition) is 6. The highest BCUT2D eigenvalue weighted by Gasteiger charge is 2.42. The van der Waals surface area contributed by atoms with Gasteiger partial charge in [-0.1, -0.05) is 45.4 Å². The molecule has 0 saturated heterocycles. The first-order valence-electron chi connectivity index (χ1n) is 8.36. The molecule has 0 radical (unpaired) electrons. The monoisotopic (exact) mass is 371 g/mol. The van der Waals surface area contributed by atoms with E-state index in [1.165, 1.54) is 6.92 Å². The maximum Gasteiger partial charge on any atom is 0.543 e. The molecule has 8 heteroatoms. The van der Waals surface area contributed by atoms with E-state index in [9.17, 15) is 18.1 Å². The fraction of sp³-hybridized carbons (Fsp3) is 1.00. The number of rotatable bonds is 15. The molecule has 138 valence electrons. The Labute approximate surface area is 141 Å². The summed E-state index contributed by atoms with van der Waals surface area (Å²) in [5.74, 6) is 0. The van der Waals surface area contributed by atoms with E-state index < -0.39 is 23.5 Å². The lowest BCUT2D eigenvalue weighted by Crippen LogP contribution is -2.18. The zero-order valence-corrected chi connectivity index (χ0v) is 16.3. The van der Waals surface area contributed by atoms with Crippen LogP contribution < -0.4 is 0 Å². The van der Waals surface area contributed by atoms with Gasteiger partial charge in [-0.15, -0.1) is 4.52 Å². The quantitative estimate of drug-likeness (QED) is 0.266. The maximum atomic E-state index is 11.6. The molecule has 0 aromatic rings. The lowest BCUT2D eigenvalue weighted by Gasteiger charge is -2.07. The van der Waals surface area contributed by atoms with Gasteiger partial charge in [0.25, 0.3) is 15.5 Å². The van der Waals surface area contributed by atoms with Crippen molar-refractivity contribution in [3.05, 3.63) is 0 Å². The minimum atomic E-state index is -3.30. The molecule has 0 aliphatic heterocycles. The largest absolute Gasteiger partial charge is 0.543 e. The predicted molar refractivity (Wildman–Crippen MR) is 92.2 cm³/mol. The van der Waals surface area contributed by atoms with E-state index in [1.54, 1.807) is 6.92 Å². The Hall–Kier alpha value is -0.0700. The summed E-state index contributed by atoms with van der Waals surface area (Å²) in [6, 6.07) is 0. The molecule has 6 nitrogen and oxygen atoms in total. The Bertz CT molecular complexity index is 422. The standard InChI is InChI=1S/C15H32O6PS/c1-4-15(2,16)22(17)20-13-11-9-7-5-6-8-10-12-14-21-23(3,18)19/h16H,4-14H2,1-3H3/q+1. The highest BCUT2D eigenvalue weighted by atomic mass is 32.2. The summed E-state index contributed by atoms with van der Waals surface area (Å²) in [6.07, 6.45) is 9.53. The molecule has 23 heavy (non-hydrogen) atoms. The van der Waals surface area contributed by atoms with E-state index in [0.717, 1.165) is 57.6 Å². The van der Waals surface area contributed by atoms with Gasteiger partial charge in [0.05, 0.1) is 12.9 Å². The van der Waals surface area contributed by atoms with E-state index in [-0.39, 0.29) is 6.61 Å². The molecule has 0 spiro atoms. The summed E-state index contributed by atoms with van der Waals surface area (Å²) >= 11 is 0. The summed E-state index contributed by atoms with van der Waals surface area (Å²) in [6.45, 7) is 4.01. The highest BCUT2D eigenvalue weighted by molar-refractivity contribution is 7.85. The van der Waals surface area contributed by atoms with Crippen LogP contribution in [0.4, 0.5) is 0 Å². The van der Waals surface area contributed by atoms with E-state index in [2.05, 4.69) is 4.18 Å². The summed E-state index contributed by atoms with van der Waals surface area (Å²) in [4.78, 5) is 0. The lowest BCUT2D eigenvalue weighted by atomic mass is 10.1. The first-order valence-corrected chi connectivity index (χ1v) is 11.4. The van der Waals surface area contributed by atoms with Crippen LogP contribution in [-0.4, -0.2) is 38.3 Å². The van der Waals surface area contributed by atoms with Gasteiger partial charge in [0.2, 0.25) is 0 Å². The summed E-state index contributed by atoms with van der Waals surface area (Å²) in [5, 5.41) is 8.52. The zero-order valence-electron chi connectivity index (χ0n) is 14.6. The van der Waals surface area contributed by atoms with Gasteiger partial charge in [-0.05, 0) is 17.4 Å². The van der Waals surface area contributed by atoms with Crippen LogP contribution in [0.15, 0.2) is 0 Å². The van der Waals surface area contributed by atoms with Gasteiger partial charge in [0.15, 0.2) is 0 Å². The fourth-order valence-corrected chi connectivity index (χ4v) is 3.14. The molecule has 0 rings (SSSR count). The van der Waals surface area contributed by atoms with Gasteiger partial charge >= 0.3 is 8.03 Å². The second kappa shape index (κ2) is 12.3. The Morgan fingerprint density at radius 1 is 0.957 bits per heavy atom. The van der Waals surface area contributed by atoms with Crippen molar-refractivity contribution in [2.45, 2.75) is 77.0 Å². The first kappa shape index (κ1) is 22.9. The number of hydrogen-bond donors (Lipinski definition) is 1. The molecule has 0 aromatic carbocycles. The molecule has 0 fully saturated rings. The maximum absolute atomic E-state index is 11.6. The minimum absolute atomic E-state index is 0.274. The third kappa shape index (κ3) is 14.0. The van der Waals surface area contributed by atoms with E-state index in [0.29, 0.717) is 13.0 Å². The Morgan fingerprint density at radius 3 is 1.83 bits per heavy atom. The molecular formula is C15H32O6PS+. The van der Waals surface area contributed by atoms with E-state index in [4.69, 9.17) is 4.52 Å². The summed E-state index contributed by atoms with van der Waals surface area (Å²) in [5.41, 5.74) is 0. The smallest absolute Gasteiger partial charge is 0.346 e. The van der Waals surface area contributed by atoms with Crippen LogP contribution in [0.25, 0.3) is 0 Å². The van der Waals surface area contributed by atoms with Crippen molar-refractivity contribution in [3.8, 4) is 0 Å². The van der Waals surface area contributed by atoms with Crippen molar-refractivity contribution in [3.63, 3.8) is 0 Å². The number of aliphatic hydroxyl groups is 1. The van der Waals surface area contributed by atoms with Crippen LogP contribution in [0.2, 0.25) is 0 Å². The molecule has 0 amide bonds. The van der Waals surface area contributed by atoms with Gasteiger partial charge in [-0.2, -0.15) is 8.42 Å². The molecular weight excluding hydrogens is 339 g/mol. The summed E-state index contributed by atoms with van der Waals surface area (Å²) in [7, 11) is -5.32. The molecule has 0 bridgehead atoms. The zero-order chi connectivity index (χ0) is 17.8. The molecule has 0 aromatic heterocycles. The first-order chi connectivity index (χ1) is 10.7. The van der Waals surface area contributed by atoms with Gasteiger partial charge in [-0.3, -0.25) is 4.18 Å². The van der Waals surface area contributed by atoms with Gasteiger partial charge in [0.1, 0.15) is 6.61 Å². The van der Waals surface area contributed by atoms with Gasteiger partial charge < -0.3 is 5.11 Å². The van der Waals surface area contributed by atoms with Crippen LogP contribution in [0.3, 0.4) is 0 Å². The Balaban J connectivity index is 3.33. The molecule has 0 aliphatic rings. The highest BCUT2D eigenvalue weighted by Crippen LogP contribution is 2.40. The van der Waals surface area contributed by atoms with Crippen LogP contribution >= 0.6 is 8.03 Å². The van der Waals surface area contributed by atoms with Crippen molar-refractivity contribution in [1.82, 2.24) is 0 Å². The van der Waals surface area contributed by atoms with Crippen molar-refractivity contribution in [2.24, 2.45) is 0 Å². The summed E-state index contributed by atoms with van der Waals surface area (Å²) < 4.78 is 43.0. The third-order valence-electron chi connectivity index (χ3n) is 3.61. The van der Waals surface area contributed by atoms with E-state index >= 15 is 0 Å². The molecule has 0 saturated carbocycles. The predicted octanol–water partition coefficient (Wildman–Crippen LogP) is 3.96. The second-order valence-corrected chi connectivity index (χ2v) is 9.40. The molecule has 0 aliphatic carbocycles. The van der Waals surface area contributed by atoms with Crippen molar-refractivity contribution >= 4 is 18.1 Å². The topological polar surface area (TPSA) is 89.9 Å².